The zero-order valence-corrected chi connectivity index (χ0v) is 6.89. The fourth-order valence-electron chi connectivity index (χ4n) is 0.921. The van der Waals surface area contributed by atoms with Crippen molar-refractivity contribution in [3.8, 4) is 0 Å². The van der Waals surface area contributed by atoms with Crippen LogP contribution in [0.4, 0.5) is 8.78 Å². The first-order valence-corrected chi connectivity index (χ1v) is 3.70. The van der Waals surface area contributed by atoms with E-state index in [1.807, 2.05) is 0 Å². The second kappa shape index (κ2) is 2.88. The van der Waals surface area contributed by atoms with Crippen LogP contribution in [0.15, 0.2) is 6.33 Å². The molecule has 2 aromatic heterocycles. The van der Waals surface area contributed by atoms with E-state index in [0.717, 1.165) is 0 Å². The van der Waals surface area contributed by atoms with Crippen molar-refractivity contribution in [2.75, 3.05) is 0 Å². The predicted octanol–water partition coefficient (Wildman–Crippen LogP) is 1.94. The molecule has 1 N–H and O–H groups in total. The fraction of sp³-hybridized carbons (Fsp3) is 0.167. The molecule has 2 rings (SSSR count). The Labute approximate surface area is 76.0 Å². The minimum absolute atomic E-state index is 0.0874. The van der Waals surface area contributed by atoms with Crippen LogP contribution in [0, 0.1) is 0 Å². The van der Waals surface area contributed by atoms with Crippen LogP contribution in [0.25, 0.3) is 11.2 Å². The monoisotopic (exact) mass is 204 g/mol. The number of H-pyrrole nitrogens is 1. The molecule has 0 amide bonds. The Balaban J connectivity index is 2.68. The highest BCUT2D eigenvalue weighted by atomic mass is 35.5. The lowest BCUT2D eigenvalue weighted by Gasteiger charge is -1.88. The van der Waals surface area contributed by atoms with Crippen LogP contribution < -0.4 is 0 Å². The molecule has 0 bridgehead atoms. The van der Waals surface area contributed by atoms with Crippen molar-refractivity contribution in [3.63, 3.8) is 0 Å². The predicted molar refractivity (Wildman–Crippen MR) is 41.7 cm³/mol. The quantitative estimate of drug-likeness (QED) is 0.723. The molecular weight excluding hydrogens is 202 g/mol. The van der Waals surface area contributed by atoms with Crippen LogP contribution in [-0.2, 0) is 0 Å². The van der Waals surface area contributed by atoms with Crippen LogP contribution in [0.3, 0.4) is 0 Å². The average Bonchev–Trinajstić information content (AvgIpc) is 2.49. The van der Waals surface area contributed by atoms with Gasteiger partial charge in [-0.15, -0.1) is 0 Å². The Morgan fingerprint density at radius 2 is 2.15 bits per heavy atom. The molecule has 2 heterocycles. The van der Waals surface area contributed by atoms with Crippen molar-refractivity contribution in [1.29, 1.82) is 0 Å². The minimum Gasteiger partial charge on any atom is -0.333 e. The lowest BCUT2D eigenvalue weighted by Crippen LogP contribution is -1.85. The van der Waals surface area contributed by atoms with Crippen LogP contribution in [0.5, 0.6) is 0 Å². The topological polar surface area (TPSA) is 54.5 Å². The first kappa shape index (κ1) is 8.31. The van der Waals surface area contributed by atoms with E-state index in [-0.39, 0.29) is 16.3 Å². The molecule has 0 radical (unpaired) electrons. The number of fused-ring (bicyclic) bond motifs is 1. The Hall–Kier alpha value is -1.30. The number of hydrogen-bond donors (Lipinski definition) is 1. The molecule has 0 fully saturated rings. The van der Waals surface area contributed by atoms with E-state index >= 15 is 0 Å². The number of aromatic nitrogens is 4. The van der Waals surface area contributed by atoms with Crippen molar-refractivity contribution >= 4 is 22.8 Å². The van der Waals surface area contributed by atoms with Gasteiger partial charge in [0, 0.05) is 0 Å². The van der Waals surface area contributed by atoms with Gasteiger partial charge in [-0.25, -0.2) is 23.7 Å². The molecule has 0 saturated carbocycles. The van der Waals surface area contributed by atoms with Gasteiger partial charge in [0.1, 0.15) is 11.8 Å². The maximum Gasteiger partial charge on any atom is 0.295 e. The Morgan fingerprint density at radius 1 is 1.38 bits per heavy atom. The van der Waals surface area contributed by atoms with Crippen molar-refractivity contribution in [1.82, 2.24) is 19.9 Å². The van der Waals surface area contributed by atoms with Gasteiger partial charge in [-0.2, -0.15) is 0 Å². The number of aromatic amines is 1. The molecule has 7 heteroatoms. The van der Waals surface area contributed by atoms with E-state index in [9.17, 15) is 8.78 Å². The van der Waals surface area contributed by atoms with Gasteiger partial charge in [0.25, 0.3) is 6.43 Å². The molecule has 0 aliphatic heterocycles. The second-order valence-corrected chi connectivity index (χ2v) is 2.64. The van der Waals surface area contributed by atoms with Crippen LogP contribution in [0.1, 0.15) is 12.2 Å². The summed E-state index contributed by atoms with van der Waals surface area (Å²) in [6, 6.07) is 0. The largest absolute Gasteiger partial charge is 0.333 e. The highest BCUT2D eigenvalue weighted by Gasteiger charge is 2.14. The van der Waals surface area contributed by atoms with Gasteiger partial charge in [0.05, 0.1) is 0 Å². The standard InChI is InChI=1S/C6H3ClF2N4/c7-3-2-5(11-1-10-3)13-6(12-2)4(8)9/h1,4H,(H,10,11,12,13). The van der Waals surface area contributed by atoms with Crippen LogP contribution >= 0.6 is 11.6 Å². The van der Waals surface area contributed by atoms with Crippen LogP contribution in [0.2, 0.25) is 5.15 Å². The molecule has 0 aliphatic rings. The van der Waals surface area contributed by atoms with Crippen molar-refractivity contribution in [2.45, 2.75) is 6.43 Å². The molecule has 0 unspecified atom stereocenters. The summed E-state index contributed by atoms with van der Waals surface area (Å²) in [7, 11) is 0. The highest BCUT2D eigenvalue weighted by Crippen LogP contribution is 2.21. The number of nitrogens with one attached hydrogen (secondary N) is 1. The molecule has 0 saturated heterocycles. The molecule has 13 heavy (non-hydrogen) atoms. The molecule has 0 aliphatic carbocycles. The number of hydrogen-bond acceptors (Lipinski definition) is 3. The summed E-state index contributed by atoms with van der Waals surface area (Å²) in [6.45, 7) is 0. The first-order valence-electron chi connectivity index (χ1n) is 3.32. The molecule has 4 nitrogen and oxygen atoms in total. The number of imidazole rings is 1. The van der Waals surface area contributed by atoms with Gasteiger partial charge in [0.2, 0.25) is 0 Å². The Morgan fingerprint density at radius 3 is 2.77 bits per heavy atom. The van der Waals surface area contributed by atoms with E-state index in [4.69, 9.17) is 11.6 Å². The number of nitrogens with zero attached hydrogens (tertiary/aromatic N) is 3. The summed E-state index contributed by atoms with van der Waals surface area (Å²) in [6.07, 6.45) is -1.49. The first-order chi connectivity index (χ1) is 6.18. The van der Waals surface area contributed by atoms with Gasteiger partial charge in [-0.3, -0.25) is 0 Å². The van der Waals surface area contributed by atoms with Gasteiger partial charge in [-0.1, -0.05) is 11.6 Å². The third kappa shape index (κ3) is 1.33. The van der Waals surface area contributed by atoms with Gasteiger partial charge in [-0.05, 0) is 0 Å². The number of rotatable bonds is 1. The summed E-state index contributed by atoms with van der Waals surface area (Å²) in [4.78, 5) is 13.2. The van der Waals surface area contributed by atoms with Crippen molar-refractivity contribution < 1.29 is 8.78 Å². The lowest BCUT2D eigenvalue weighted by molar-refractivity contribution is 0.142. The summed E-state index contributed by atoms with van der Waals surface area (Å²) in [5.74, 6) is -0.447. The van der Waals surface area contributed by atoms with Crippen molar-refractivity contribution in [2.24, 2.45) is 0 Å². The molecular formula is C6H3ClF2N4. The average molecular weight is 205 g/mol. The van der Waals surface area contributed by atoms with E-state index in [1.165, 1.54) is 6.33 Å². The number of halogens is 3. The maximum absolute atomic E-state index is 12.2. The lowest BCUT2D eigenvalue weighted by atomic mass is 10.6. The Bertz CT molecular complexity index is 441. The smallest absolute Gasteiger partial charge is 0.295 e. The molecule has 2 aromatic rings. The van der Waals surface area contributed by atoms with Crippen LogP contribution in [-0.4, -0.2) is 19.9 Å². The van der Waals surface area contributed by atoms with Gasteiger partial charge in [0.15, 0.2) is 16.6 Å². The third-order valence-electron chi connectivity index (χ3n) is 1.47. The maximum atomic E-state index is 12.2. The Kier molecular flexibility index (Phi) is 1.84. The second-order valence-electron chi connectivity index (χ2n) is 2.29. The summed E-state index contributed by atoms with van der Waals surface area (Å²) >= 11 is 5.61. The van der Waals surface area contributed by atoms with E-state index in [2.05, 4.69) is 19.9 Å². The molecule has 0 spiro atoms. The van der Waals surface area contributed by atoms with E-state index < -0.39 is 12.2 Å². The third-order valence-corrected chi connectivity index (χ3v) is 1.75. The summed E-state index contributed by atoms with van der Waals surface area (Å²) in [5, 5.41) is 0.0874. The van der Waals surface area contributed by atoms with Gasteiger partial charge < -0.3 is 4.98 Å². The fourth-order valence-corrected chi connectivity index (χ4v) is 1.10. The molecule has 0 aromatic carbocycles. The minimum atomic E-state index is -2.66. The van der Waals surface area contributed by atoms with Crippen molar-refractivity contribution in [3.05, 3.63) is 17.3 Å². The van der Waals surface area contributed by atoms with E-state index in [1.54, 1.807) is 0 Å². The highest BCUT2D eigenvalue weighted by molar-refractivity contribution is 6.33. The normalized spacial score (nSPS) is 11.4. The molecule has 0 atom stereocenters. The number of alkyl halides is 2. The SMILES string of the molecule is FC(F)c1nc2ncnc(Cl)c2[nH]1. The van der Waals surface area contributed by atoms with E-state index in [0.29, 0.717) is 0 Å². The zero-order valence-electron chi connectivity index (χ0n) is 6.13. The van der Waals surface area contributed by atoms with Gasteiger partial charge >= 0.3 is 0 Å². The summed E-state index contributed by atoms with van der Waals surface area (Å²) in [5.41, 5.74) is 0.384. The summed E-state index contributed by atoms with van der Waals surface area (Å²) < 4.78 is 24.3. The zero-order chi connectivity index (χ0) is 9.42. The molecule has 68 valence electrons.